The van der Waals surface area contributed by atoms with Crippen LogP contribution in [0.1, 0.15) is 27.7 Å². The van der Waals surface area contributed by atoms with E-state index in [0.717, 1.165) is 0 Å². The number of ether oxygens (including phenoxy) is 1. The van der Waals surface area contributed by atoms with Gasteiger partial charge in [0, 0.05) is 0 Å². The molecular weight excluding hydrogens is 266 g/mol. The van der Waals surface area contributed by atoms with Crippen LogP contribution in [0.25, 0.3) is 0 Å². The van der Waals surface area contributed by atoms with Crippen molar-refractivity contribution in [1.29, 1.82) is 0 Å². The first-order chi connectivity index (χ1) is 8.62. The van der Waals surface area contributed by atoms with Gasteiger partial charge in [0.15, 0.2) is 0 Å². The lowest BCUT2D eigenvalue weighted by Crippen LogP contribution is -2.42. The Labute approximate surface area is 114 Å². The second kappa shape index (κ2) is 5.71. The molecule has 0 saturated heterocycles. The minimum atomic E-state index is -3.71. The third kappa shape index (κ3) is 5.00. The molecule has 6 heteroatoms. The molecule has 0 heterocycles. The molecule has 1 aromatic carbocycles. The Bertz CT molecular complexity index is 532. The molecule has 0 unspecified atom stereocenters. The van der Waals surface area contributed by atoms with Gasteiger partial charge >= 0.3 is 5.97 Å². The summed E-state index contributed by atoms with van der Waals surface area (Å²) in [5, 5.41) is 0. The van der Waals surface area contributed by atoms with Gasteiger partial charge in [0.1, 0.15) is 11.6 Å². The Morgan fingerprint density at radius 3 is 2.21 bits per heavy atom. The number of carbonyl (C=O) groups excluding carboxylic acids is 1. The average Bonchev–Trinajstić information content (AvgIpc) is 2.27. The maximum absolute atomic E-state index is 12.0. The van der Waals surface area contributed by atoms with Crippen molar-refractivity contribution in [3.63, 3.8) is 0 Å². The van der Waals surface area contributed by atoms with Gasteiger partial charge in [-0.25, -0.2) is 8.42 Å². The number of hydrogen-bond donors (Lipinski definition) is 1. The summed E-state index contributed by atoms with van der Waals surface area (Å²) in [7, 11) is -3.71. The van der Waals surface area contributed by atoms with Crippen LogP contribution in [0, 0.1) is 0 Å². The lowest BCUT2D eigenvalue weighted by molar-refractivity contribution is -0.156. The van der Waals surface area contributed by atoms with Crippen LogP contribution in [0.15, 0.2) is 35.2 Å². The molecule has 19 heavy (non-hydrogen) atoms. The van der Waals surface area contributed by atoms with E-state index in [1.165, 1.54) is 19.1 Å². The van der Waals surface area contributed by atoms with Crippen LogP contribution in [-0.2, 0) is 19.6 Å². The lowest BCUT2D eigenvalue weighted by atomic mass is 10.2. The first kappa shape index (κ1) is 15.7. The van der Waals surface area contributed by atoms with Crippen molar-refractivity contribution in [2.45, 2.75) is 44.2 Å². The first-order valence-electron chi connectivity index (χ1n) is 5.92. The standard InChI is InChI=1S/C13H19NO4S/c1-10(12(15)18-13(2,3)4)14-19(16,17)11-8-6-5-7-9-11/h5-10,14H,1-4H3/t10-/m0/s1. The van der Waals surface area contributed by atoms with Crippen molar-refractivity contribution < 1.29 is 17.9 Å². The van der Waals surface area contributed by atoms with E-state index >= 15 is 0 Å². The van der Waals surface area contributed by atoms with E-state index in [9.17, 15) is 13.2 Å². The van der Waals surface area contributed by atoms with Gasteiger partial charge < -0.3 is 4.74 Å². The molecule has 0 spiro atoms. The van der Waals surface area contributed by atoms with E-state index in [0.29, 0.717) is 0 Å². The fourth-order valence-electron chi connectivity index (χ4n) is 1.34. The molecule has 106 valence electrons. The quantitative estimate of drug-likeness (QED) is 0.855. The summed E-state index contributed by atoms with van der Waals surface area (Å²) in [5.41, 5.74) is -0.649. The van der Waals surface area contributed by atoms with Gasteiger partial charge in [-0.05, 0) is 39.8 Å². The molecule has 0 fully saturated rings. The Morgan fingerprint density at radius 1 is 1.21 bits per heavy atom. The van der Waals surface area contributed by atoms with Gasteiger partial charge in [-0.2, -0.15) is 4.72 Å². The molecule has 1 aromatic rings. The monoisotopic (exact) mass is 285 g/mol. The van der Waals surface area contributed by atoms with Crippen molar-refractivity contribution in [3.8, 4) is 0 Å². The molecular formula is C13H19NO4S. The highest BCUT2D eigenvalue weighted by atomic mass is 32.2. The van der Waals surface area contributed by atoms with E-state index < -0.39 is 27.6 Å². The summed E-state index contributed by atoms with van der Waals surface area (Å²) in [6.07, 6.45) is 0. The van der Waals surface area contributed by atoms with E-state index in [-0.39, 0.29) is 4.90 Å². The normalized spacial score (nSPS) is 13.9. The van der Waals surface area contributed by atoms with E-state index in [4.69, 9.17) is 4.74 Å². The lowest BCUT2D eigenvalue weighted by Gasteiger charge is -2.22. The highest BCUT2D eigenvalue weighted by Crippen LogP contribution is 2.11. The smallest absolute Gasteiger partial charge is 0.324 e. The molecule has 0 aliphatic rings. The van der Waals surface area contributed by atoms with Crippen molar-refractivity contribution in [2.75, 3.05) is 0 Å². The number of carbonyl (C=O) groups is 1. The van der Waals surface area contributed by atoms with Crippen LogP contribution < -0.4 is 4.72 Å². The molecule has 0 aromatic heterocycles. The van der Waals surface area contributed by atoms with Crippen LogP contribution in [-0.4, -0.2) is 26.0 Å². The van der Waals surface area contributed by atoms with Crippen molar-refractivity contribution >= 4 is 16.0 Å². The molecule has 5 nitrogen and oxygen atoms in total. The van der Waals surface area contributed by atoms with Gasteiger partial charge in [0.25, 0.3) is 0 Å². The van der Waals surface area contributed by atoms with Crippen LogP contribution in [0.4, 0.5) is 0 Å². The summed E-state index contributed by atoms with van der Waals surface area (Å²) in [5.74, 6) is -0.605. The zero-order chi connectivity index (χ0) is 14.7. The minimum Gasteiger partial charge on any atom is -0.459 e. The second-order valence-electron chi connectivity index (χ2n) is 5.19. The Kier molecular flexibility index (Phi) is 4.70. The number of rotatable bonds is 4. The van der Waals surface area contributed by atoms with E-state index in [1.54, 1.807) is 39.0 Å². The first-order valence-corrected chi connectivity index (χ1v) is 7.40. The average molecular weight is 285 g/mol. The molecule has 0 radical (unpaired) electrons. The number of hydrogen-bond acceptors (Lipinski definition) is 4. The zero-order valence-electron chi connectivity index (χ0n) is 11.5. The van der Waals surface area contributed by atoms with E-state index in [1.807, 2.05) is 0 Å². The topological polar surface area (TPSA) is 72.5 Å². The maximum atomic E-state index is 12.0. The minimum absolute atomic E-state index is 0.116. The van der Waals surface area contributed by atoms with Gasteiger partial charge in [-0.1, -0.05) is 18.2 Å². The summed E-state index contributed by atoms with van der Waals surface area (Å²) < 4.78 is 31.4. The highest BCUT2D eigenvalue weighted by Gasteiger charge is 2.26. The molecule has 1 rings (SSSR count). The SMILES string of the molecule is C[C@H](NS(=O)(=O)c1ccccc1)C(=O)OC(C)(C)C. The van der Waals surface area contributed by atoms with E-state index in [2.05, 4.69) is 4.72 Å². The maximum Gasteiger partial charge on any atom is 0.324 e. The van der Waals surface area contributed by atoms with Gasteiger partial charge in [-0.3, -0.25) is 4.79 Å². The Hall–Kier alpha value is -1.40. The fourth-order valence-corrected chi connectivity index (χ4v) is 2.55. The third-order valence-corrected chi connectivity index (χ3v) is 3.70. The van der Waals surface area contributed by atoms with Gasteiger partial charge in [0.05, 0.1) is 4.90 Å². The molecule has 0 bridgehead atoms. The predicted molar refractivity (Wildman–Crippen MR) is 72.1 cm³/mol. The number of nitrogens with one attached hydrogen (secondary N) is 1. The summed E-state index contributed by atoms with van der Waals surface area (Å²) in [6.45, 7) is 6.63. The molecule has 0 aliphatic heterocycles. The molecule has 0 amide bonds. The zero-order valence-corrected chi connectivity index (χ0v) is 12.3. The third-order valence-electron chi connectivity index (χ3n) is 2.15. The number of benzene rings is 1. The van der Waals surface area contributed by atoms with Gasteiger partial charge in [0.2, 0.25) is 10.0 Å². The van der Waals surface area contributed by atoms with Crippen LogP contribution in [0.2, 0.25) is 0 Å². The summed E-state index contributed by atoms with van der Waals surface area (Å²) in [6, 6.07) is 6.94. The fraction of sp³-hybridized carbons (Fsp3) is 0.462. The number of sulfonamides is 1. The second-order valence-corrected chi connectivity index (χ2v) is 6.90. The van der Waals surface area contributed by atoms with Crippen LogP contribution in [0.5, 0.6) is 0 Å². The van der Waals surface area contributed by atoms with Crippen LogP contribution in [0.3, 0.4) is 0 Å². The van der Waals surface area contributed by atoms with Crippen molar-refractivity contribution in [1.82, 2.24) is 4.72 Å². The largest absolute Gasteiger partial charge is 0.459 e. The van der Waals surface area contributed by atoms with Crippen molar-refractivity contribution in [3.05, 3.63) is 30.3 Å². The molecule has 0 aliphatic carbocycles. The highest BCUT2D eigenvalue weighted by molar-refractivity contribution is 7.89. The summed E-state index contributed by atoms with van der Waals surface area (Å²) in [4.78, 5) is 11.8. The summed E-state index contributed by atoms with van der Waals surface area (Å²) >= 11 is 0. The number of esters is 1. The predicted octanol–water partition coefficient (Wildman–Crippen LogP) is 1.70. The Balaban J connectivity index is 2.77. The molecule has 1 atom stereocenters. The molecule has 0 saturated carbocycles. The van der Waals surface area contributed by atoms with Gasteiger partial charge in [-0.15, -0.1) is 0 Å². The van der Waals surface area contributed by atoms with Crippen molar-refractivity contribution in [2.24, 2.45) is 0 Å². The Morgan fingerprint density at radius 2 is 1.74 bits per heavy atom. The molecule has 1 N–H and O–H groups in total. The van der Waals surface area contributed by atoms with Crippen LogP contribution >= 0.6 is 0 Å².